The molecule has 1 aliphatic heterocycles. The number of nitrogens with zero attached hydrogens (tertiary/aromatic N) is 2. The summed E-state index contributed by atoms with van der Waals surface area (Å²) < 4.78 is 8.79. The highest BCUT2D eigenvalue weighted by Gasteiger charge is 2.39. The van der Waals surface area contributed by atoms with Gasteiger partial charge in [-0.05, 0) is 36.7 Å². The van der Waals surface area contributed by atoms with Crippen molar-refractivity contribution in [3.8, 4) is 11.3 Å². The van der Waals surface area contributed by atoms with Crippen LogP contribution >= 0.6 is 0 Å². The van der Waals surface area contributed by atoms with E-state index in [-0.39, 0.29) is 17.2 Å². The Balaban J connectivity index is 1.99. The van der Waals surface area contributed by atoms with Gasteiger partial charge in [0.15, 0.2) is 8.32 Å². The molecule has 2 aromatic rings. The maximum Gasteiger partial charge on any atom is 0.256 e. The van der Waals surface area contributed by atoms with E-state index in [0.29, 0.717) is 0 Å². The average molecular weight is 414 g/mol. The topological polar surface area (TPSA) is 46.5 Å². The first kappa shape index (κ1) is 21.8. The zero-order valence-corrected chi connectivity index (χ0v) is 19.7. The van der Waals surface area contributed by atoms with Crippen LogP contribution in [0.2, 0.25) is 18.1 Å². The van der Waals surface area contributed by atoms with Crippen molar-refractivity contribution in [1.29, 1.82) is 0 Å². The average Bonchev–Trinajstić information content (AvgIpc) is 3.13. The van der Waals surface area contributed by atoms with Crippen molar-refractivity contribution in [2.24, 2.45) is 0 Å². The van der Waals surface area contributed by atoms with Crippen LogP contribution in [0.1, 0.15) is 44.3 Å². The van der Waals surface area contributed by atoms with Crippen LogP contribution in [0.3, 0.4) is 0 Å². The minimum absolute atomic E-state index is 0.101. The second-order valence-corrected chi connectivity index (χ2v) is 14.1. The van der Waals surface area contributed by atoms with E-state index < -0.39 is 8.32 Å². The molecule has 1 amide bonds. The predicted molar refractivity (Wildman–Crippen MR) is 122 cm³/mol. The van der Waals surface area contributed by atoms with Gasteiger partial charge in [-0.3, -0.25) is 4.79 Å². The van der Waals surface area contributed by atoms with Crippen LogP contribution in [0.4, 0.5) is 0 Å². The molecule has 1 N–H and O–H groups in total. The number of piperazine rings is 1. The summed E-state index contributed by atoms with van der Waals surface area (Å²) in [6.07, 6.45) is 1.87. The Hall–Kier alpha value is -1.89. The fourth-order valence-electron chi connectivity index (χ4n) is 3.52. The Morgan fingerprint density at radius 1 is 1.10 bits per heavy atom. The maximum atomic E-state index is 13.3. The maximum absolute atomic E-state index is 13.3. The molecule has 1 aliphatic rings. The zero-order valence-electron chi connectivity index (χ0n) is 18.7. The van der Waals surface area contributed by atoms with Gasteiger partial charge in [-0.25, -0.2) is 0 Å². The lowest BCUT2D eigenvalue weighted by Crippen LogP contribution is -2.46. The van der Waals surface area contributed by atoms with E-state index in [1.165, 1.54) is 0 Å². The lowest BCUT2D eigenvalue weighted by molar-refractivity contribution is 0.0736. The molecule has 2 heterocycles. The molecule has 0 bridgehead atoms. The third-order valence-corrected chi connectivity index (χ3v) is 10.8. The molecular weight excluding hydrogens is 378 g/mol. The number of hydrogen-bond donors (Lipinski definition) is 1. The van der Waals surface area contributed by atoms with Crippen molar-refractivity contribution in [2.75, 3.05) is 26.2 Å². The Labute approximate surface area is 176 Å². The number of benzene rings is 1. The molecule has 1 aromatic heterocycles. The summed E-state index contributed by atoms with van der Waals surface area (Å²) in [5.74, 6) is 0.101. The molecule has 3 rings (SSSR count). The van der Waals surface area contributed by atoms with Gasteiger partial charge >= 0.3 is 0 Å². The summed E-state index contributed by atoms with van der Waals surface area (Å²) in [5, 5.41) is 3.44. The summed E-state index contributed by atoms with van der Waals surface area (Å²) >= 11 is 0. The molecule has 1 unspecified atom stereocenters. The molecule has 0 saturated carbocycles. The van der Waals surface area contributed by atoms with Gasteiger partial charge in [0, 0.05) is 32.4 Å². The molecule has 29 heavy (non-hydrogen) atoms. The Kier molecular flexibility index (Phi) is 6.36. The second kappa shape index (κ2) is 8.46. The van der Waals surface area contributed by atoms with E-state index in [9.17, 15) is 4.79 Å². The van der Waals surface area contributed by atoms with Crippen LogP contribution in [-0.2, 0) is 4.43 Å². The molecule has 0 aliphatic carbocycles. The Bertz CT molecular complexity index is 834. The smallest absolute Gasteiger partial charge is 0.256 e. The Morgan fingerprint density at radius 3 is 2.31 bits per heavy atom. The largest absolute Gasteiger partial charge is 0.397 e. The monoisotopic (exact) mass is 413 g/mol. The van der Waals surface area contributed by atoms with Crippen LogP contribution in [0.5, 0.6) is 0 Å². The molecule has 1 aromatic carbocycles. The first-order valence-electron chi connectivity index (χ1n) is 10.6. The van der Waals surface area contributed by atoms with Gasteiger partial charge in [0.1, 0.15) is 6.23 Å². The number of hydrogen-bond acceptors (Lipinski definition) is 3. The number of aromatic nitrogens is 1. The SMILES string of the molecule is CC(O[Si](C)(C)C(C)(C)C)n1ccc(C(=O)N2CCNCC2)c1-c1ccccc1. The summed E-state index contributed by atoms with van der Waals surface area (Å²) in [7, 11) is -1.95. The molecule has 158 valence electrons. The summed E-state index contributed by atoms with van der Waals surface area (Å²) in [6, 6.07) is 12.1. The van der Waals surface area contributed by atoms with E-state index in [2.05, 4.69) is 62.8 Å². The molecule has 1 atom stereocenters. The minimum atomic E-state index is -1.95. The molecule has 5 nitrogen and oxygen atoms in total. The quantitative estimate of drug-likeness (QED) is 0.720. The van der Waals surface area contributed by atoms with Gasteiger partial charge in [0.2, 0.25) is 0 Å². The minimum Gasteiger partial charge on any atom is -0.397 e. The third kappa shape index (κ3) is 4.65. The van der Waals surface area contributed by atoms with Gasteiger partial charge < -0.3 is 19.2 Å². The molecular formula is C23H35N3O2Si. The van der Waals surface area contributed by atoms with Gasteiger partial charge in [0.25, 0.3) is 5.91 Å². The number of nitrogens with one attached hydrogen (secondary N) is 1. The standard InChI is InChI=1S/C23H35N3O2Si/c1-18(28-29(5,6)23(2,3)4)26-15-12-20(21(26)19-10-8-7-9-11-19)22(27)25-16-13-24-14-17-25/h7-12,15,18,24H,13-14,16-17H2,1-6H3. The van der Waals surface area contributed by atoms with Crippen molar-refractivity contribution in [2.45, 2.75) is 52.1 Å². The highest BCUT2D eigenvalue weighted by molar-refractivity contribution is 6.74. The normalized spacial score (nSPS) is 16.7. The van der Waals surface area contributed by atoms with Crippen LogP contribution in [0.25, 0.3) is 11.3 Å². The lowest BCUT2D eigenvalue weighted by atomic mass is 10.1. The van der Waals surface area contributed by atoms with Crippen molar-refractivity contribution in [3.63, 3.8) is 0 Å². The highest BCUT2D eigenvalue weighted by atomic mass is 28.4. The van der Waals surface area contributed by atoms with E-state index in [1.807, 2.05) is 35.4 Å². The molecule has 1 saturated heterocycles. The van der Waals surface area contributed by atoms with E-state index in [1.54, 1.807) is 0 Å². The van der Waals surface area contributed by atoms with Crippen molar-refractivity contribution in [3.05, 3.63) is 48.2 Å². The second-order valence-electron chi connectivity index (χ2n) is 9.37. The number of amides is 1. The fourth-order valence-corrected chi connectivity index (χ4v) is 4.84. The number of rotatable bonds is 5. The van der Waals surface area contributed by atoms with Crippen LogP contribution < -0.4 is 5.32 Å². The molecule has 6 heteroatoms. The molecule has 1 fully saturated rings. The van der Waals surface area contributed by atoms with E-state index >= 15 is 0 Å². The van der Waals surface area contributed by atoms with Gasteiger partial charge in [-0.2, -0.15) is 0 Å². The zero-order chi connectivity index (χ0) is 21.2. The van der Waals surface area contributed by atoms with E-state index in [0.717, 1.165) is 43.0 Å². The lowest BCUT2D eigenvalue weighted by Gasteiger charge is -2.39. The van der Waals surface area contributed by atoms with Crippen LogP contribution in [-0.4, -0.2) is 49.9 Å². The summed E-state index contributed by atoms with van der Waals surface area (Å²) in [4.78, 5) is 15.3. The highest BCUT2D eigenvalue weighted by Crippen LogP contribution is 2.40. The van der Waals surface area contributed by atoms with Gasteiger partial charge in [-0.1, -0.05) is 51.1 Å². The van der Waals surface area contributed by atoms with Crippen LogP contribution in [0, 0.1) is 0 Å². The summed E-state index contributed by atoms with van der Waals surface area (Å²) in [6.45, 7) is 16.5. The van der Waals surface area contributed by atoms with Crippen molar-refractivity contribution in [1.82, 2.24) is 14.8 Å². The number of carbonyl (C=O) groups is 1. The molecule has 0 spiro atoms. The van der Waals surface area contributed by atoms with Gasteiger partial charge in [0.05, 0.1) is 11.3 Å². The first-order chi connectivity index (χ1) is 13.6. The van der Waals surface area contributed by atoms with E-state index in [4.69, 9.17) is 4.43 Å². The number of carbonyl (C=O) groups excluding carboxylic acids is 1. The Morgan fingerprint density at radius 2 is 1.72 bits per heavy atom. The molecule has 0 radical (unpaired) electrons. The fraction of sp³-hybridized carbons (Fsp3) is 0.522. The third-order valence-electron chi connectivity index (χ3n) is 6.26. The summed E-state index contributed by atoms with van der Waals surface area (Å²) in [5.41, 5.74) is 2.74. The van der Waals surface area contributed by atoms with Crippen molar-refractivity contribution >= 4 is 14.2 Å². The van der Waals surface area contributed by atoms with Gasteiger partial charge in [-0.15, -0.1) is 0 Å². The predicted octanol–water partition coefficient (Wildman–Crippen LogP) is 4.74. The first-order valence-corrected chi connectivity index (χ1v) is 13.5. The van der Waals surface area contributed by atoms with Crippen molar-refractivity contribution < 1.29 is 9.22 Å². The van der Waals surface area contributed by atoms with Crippen LogP contribution in [0.15, 0.2) is 42.6 Å².